The molecule has 0 fully saturated rings. The molecule has 0 atom stereocenters. The summed E-state index contributed by atoms with van der Waals surface area (Å²) in [4.78, 5) is 16.1. The number of fused-ring (bicyclic) bond motifs is 1. The number of amides is 1. The van der Waals surface area contributed by atoms with Crippen LogP contribution < -0.4 is 10.6 Å². The number of rotatable bonds is 6. The molecule has 0 saturated carbocycles. The summed E-state index contributed by atoms with van der Waals surface area (Å²) in [6, 6.07) is 8.35. The van der Waals surface area contributed by atoms with Crippen molar-refractivity contribution >= 4 is 32.6 Å². The Bertz CT molecular complexity index is 517. The van der Waals surface area contributed by atoms with Crippen LogP contribution in [0.25, 0.3) is 10.2 Å². The van der Waals surface area contributed by atoms with Gasteiger partial charge in [-0.3, -0.25) is 4.79 Å². The van der Waals surface area contributed by atoms with Gasteiger partial charge in [0.2, 0.25) is 5.91 Å². The maximum Gasteiger partial charge on any atom is 0.226 e. The van der Waals surface area contributed by atoms with Gasteiger partial charge in [0.25, 0.3) is 0 Å². The van der Waals surface area contributed by atoms with Crippen molar-refractivity contribution in [1.29, 1.82) is 0 Å². The summed E-state index contributed by atoms with van der Waals surface area (Å²) in [5, 5.41) is 6.84. The molecular weight excluding hydrogens is 258 g/mol. The molecule has 0 unspecified atom stereocenters. The molecule has 0 spiro atoms. The van der Waals surface area contributed by atoms with Gasteiger partial charge in [0.05, 0.1) is 10.2 Å². The molecule has 102 valence electrons. The van der Waals surface area contributed by atoms with Gasteiger partial charge in [-0.2, -0.15) is 0 Å². The lowest BCUT2D eigenvalue weighted by molar-refractivity contribution is -0.116. The first-order valence-electron chi connectivity index (χ1n) is 6.54. The molecule has 1 aromatic heterocycles. The summed E-state index contributed by atoms with van der Waals surface area (Å²) in [7, 11) is 0. The quantitative estimate of drug-likeness (QED) is 0.798. The van der Waals surface area contributed by atoms with E-state index in [4.69, 9.17) is 0 Å². The number of nitrogens with zero attached hydrogens (tertiary/aromatic N) is 1. The minimum atomic E-state index is 0.0320. The molecule has 19 heavy (non-hydrogen) atoms. The molecule has 2 rings (SSSR count). The first kappa shape index (κ1) is 14.0. The lowest BCUT2D eigenvalue weighted by Crippen LogP contribution is -2.24. The second kappa shape index (κ2) is 6.63. The molecule has 4 nitrogen and oxygen atoms in total. The fourth-order valence-corrected chi connectivity index (χ4v) is 2.63. The van der Waals surface area contributed by atoms with Gasteiger partial charge in [-0.1, -0.05) is 37.3 Å². The average Bonchev–Trinajstić information content (AvgIpc) is 2.76. The Balaban J connectivity index is 1.81. The van der Waals surface area contributed by atoms with Gasteiger partial charge in [0.1, 0.15) is 0 Å². The summed E-state index contributed by atoms with van der Waals surface area (Å²) >= 11 is 1.51. The molecule has 0 saturated heterocycles. The normalized spacial score (nSPS) is 11.1. The first-order valence-corrected chi connectivity index (χ1v) is 7.35. The number of para-hydroxylation sites is 1. The highest BCUT2D eigenvalue weighted by atomic mass is 32.1. The van der Waals surface area contributed by atoms with E-state index in [0.717, 1.165) is 23.2 Å². The second-order valence-corrected chi connectivity index (χ2v) is 5.78. The molecule has 2 aromatic rings. The zero-order chi connectivity index (χ0) is 13.7. The number of aromatic nitrogens is 1. The van der Waals surface area contributed by atoms with E-state index in [0.29, 0.717) is 17.6 Å². The highest BCUT2D eigenvalue weighted by Gasteiger charge is 2.07. The highest BCUT2D eigenvalue weighted by Crippen LogP contribution is 2.25. The average molecular weight is 277 g/mol. The van der Waals surface area contributed by atoms with E-state index < -0.39 is 0 Å². The van der Waals surface area contributed by atoms with E-state index in [-0.39, 0.29) is 5.91 Å². The van der Waals surface area contributed by atoms with Crippen molar-refractivity contribution < 1.29 is 4.79 Å². The fourth-order valence-electron chi connectivity index (χ4n) is 1.75. The lowest BCUT2D eigenvalue weighted by Gasteiger charge is -2.07. The summed E-state index contributed by atoms with van der Waals surface area (Å²) in [6.45, 7) is 5.06. The smallest absolute Gasteiger partial charge is 0.226 e. The monoisotopic (exact) mass is 277 g/mol. The number of hydrogen-bond donors (Lipinski definition) is 2. The van der Waals surface area contributed by atoms with Crippen LogP contribution in [0.5, 0.6) is 0 Å². The van der Waals surface area contributed by atoms with Crippen LogP contribution in [0.3, 0.4) is 0 Å². The van der Waals surface area contributed by atoms with E-state index in [1.165, 1.54) is 11.3 Å². The molecule has 5 heteroatoms. The van der Waals surface area contributed by atoms with Gasteiger partial charge in [0.15, 0.2) is 5.13 Å². The molecule has 1 aromatic carbocycles. The summed E-state index contributed by atoms with van der Waals surface area (Å²) in [5.74, 6) is 0.0320. The van der Waals surface area contributed by atoms with Crippen molar-refractivity contribution in [3.8, 4) is 0 Å². The van der Waals surface area contributed by atoms with Crippen LogP contribution in [0.4, 0.5) is 5.13 Å². The van der Waals surface area contributed by atoms with Gasteiger partial charge >= 0.3 is 0 Å². The third-order valence-electron chi connectivity index (χ3n) is 2.67. The number of nitrogens with one attached hydrogen (secondary N) is 2. The molecular formula is C14H19N3OS. The lowest BCUT2D eigenvalue weighted by atomic mass is 10.3. The van der Waals surface area contributed by atoms with Gasteiger partial charge in [-0.05, 0) is 25.1 Å². The largest absolute Gasteiger partial charge is 0.315 e. The van der Waals surface area contributed by atoms with Crippen molar-refractivity contribution in [2.75, 3.05) is 11.9 Å². The minimum Gasteiger partial charge on any atom is -0.315 e. The van der Waals surface area contributed by atoms with Crippen LogP contribution in [0, 0.1) is 0 Å². The Morgan fingerprint density at radius 1 is 1.37 bits per heavy atom. The number of benzene rings is 1. The van der Waals surface area contributed by atoms with E-state index in [1.807, 2.05) is 24.3 Å². The summed E-state index contributed by atoms with van der Waals surface area (Å²) in [5.41, 5.74) is 0.935. The van der Waals surface area contributed by atoms with Gasteiger partial charge in [-0.15, -0.1) is 0 Å². The topological polar surface area (TPSA) is 54.0 Å². The Labute approximate surface area is 117 Å². The van der Waals surface area contributed by atoms with Gasteiger partial charge in [0, 0.05) is 12.5 Å². The number of thiazole rings is 1. The van der Waals surface area contributed by atoms with Crippen LogP contribution in [-0.2, 0) is 4.79 Å². The van der Waals surface area contributed by atoms with Crippen molar-refractivity contribution in [3.63, 3.8) is 0 Å². The SMILES string of the molecule is CC(C)NCCCC(=O)Nc1nc2ccccc2s1. The van der Waals surface area contributed by atoms with Crippen LogP contribution in [0.1, 0.15) is 26.7 Å². The maximum atomic E-state index is 11.8. The Morgan fingerprint density at radius 3 is 2.89 bits per heavy atom. The molecule has 1 amide bonds. The standard InChI is InChI=1S/C14H19N3OS/c1-10(2)15-9-5-8-13(18)17-14-16-11-6-3-4-7-12(11)19-14/h3-4,6-7,10,15H,5,8-9H2,1-2H3,(H,16,17,18). The number of hydrogen-bond acceptors (Lipinski definition) is 4. The van der Waals surface area contributed by atoms with Crippen LogP contribution in [0.2, 0.25) is 0 Å². The van der Waals surface area contributed by atoms with Crippen LogP contribution in [-0.4, -0.2) is 23.5 Å². The van der Waals surface area contributed by atoms with Crippen LogP contribution >= 0.6 is 11.3 Å². The van der Waals surface area contributed by atoms with E-state index in [2.05, 4.69) is 29.5 Å². The predicted octanol–water partition coefficient (Wildman–Crippen LogP) is 3.01. The fraction of sp³-hybridized carbons (Fsp3) is 0.429. The number of carbonyl (C=O) groups excluding carboxylic acids is 1. The Hall–Kier alpha value is -1.46. The second-order valence-electron chi connectivity index (χ2n) is 4.75. The van der Waals surface area contributed by atoms with Crippen molar-refractivity contribution in [2.24, 2.45) is 0 Å². The Morgan fingerprint density at radius 2 is 2.16 bits per heavy atom. The van der Waals surface area contributed by atoms with E-state index >= 15 is 0 Å². The van der Waals surface area contributed by atoms with Crippen molar-refractivity contribution in [3.05, 3.63) is 24.3 Å². The first-order chi connectivity index (χ1) is 9.15. The summed E-state index contributed by atoms with van der Waals surface area (Å²) < 4.78 is 1.10. The number of carbonyl (C=O) groups is 1. The molecule has 0 radical (unpaired) electrons. The van der Waals surface area contributed by atoms with Crippen molar-refractivity contribution in [1.82, 2.24) is 10.3 Å². The third-order valence-corrected chi connectivity index (χ3v) is 3.63. The zero-order valence-electron chi connectivity index (χ0n) is 11.3. The van der Waals surface area contributed by atoms with Gasteiger partial charge in [-0.25, -0.2) is 4.98 Å². The molecule has 2 N–H and O–H groups in total. The molecule has 0 aliphatic rings. The highest BCUT2D eigenvalue weighted by molar-refractivity contribution is 7.22. The number of anilines is 1. The van der Waals surface area contributed by atoms with Crippen LogP contribution in [0.15, 0.2) is 24.3 Å². The molecule has 0 aliphatic heterocycles. The molecule has 1 heterocycles. The maximum absolute atomic E-state index is 11.8. The van der Waals surface area contributed by atoms with Gasteiger partial charge < -0.3 is 10.6 Å². The van der Waals surface area contributed by atoms with E-state index in [9.17, 15) is 4.79 Å². The van der Waals surface area contributed by atoms with Crippen molar-refractivity contribution in [2.45, 2.75) is 32.7 Å². The predicted molar refractivity (Wildman–Crippen MR) is 80.6 cm³/mol. The molecule has 0 bridgehead atoms. The zero-order valence-corrected chi connectivity index (χ0v) is 12.1. The van der Waals surface area contributed by atoms with E-state index in [1.54, 1.807) is 0 Å². The third kappa shape index (κ3) is 4.29. The minimum absolute atomic E-state index is 0.0320. The molecule has 0 aliphatic carbocycles. The Kier molecular flexibility index (Phi) is 4.87. The summed E-state index contributed by atoms with van der Waals surface area (Å²) in [6.07, 6.45) is 1.37.